The number of hydrogen-bond acceptors (Lipinski definition) is 2. The van der Waals surface area contributed by atoms with Crippen LogP contribution in [0.1, 0.15) is 26.7 Å². The van der Waals surface area contributed by atoms with Gasteiger partial charge in [0.2, 0.25) is 0 Å². The molecule has 1 aliphatic rings. The molecule has 0 radical (unpaired) electrons. The van der Waals surface area contributed by atoms with Crippen LogP contribution in [0.15, 0.2) is 11.8 Å². The lowest BCUT2D eigenvalue weighted by molar-refractivity contribution is -0.123. The zero-order valence-electron chi connectivity index (χ0n) is 7.96. The Bertz CT molecular complexity index is 258. The molecule has 0 saturated carbocycles. The highest BCUT2D eigenvalue weighted by Crippen LogP contribution is 2.09. The molecule has 3 amide bonds. The van der Waals surface area contributed by atoms with E-state index in [2.05, 4.69) is 5.32 Å². The molecule has 4 nitrogen and oxygen atoms in total. The number of carbonyl (C=O) groups is 2. The number of unbranched alkanes of at least 4 members (excludes halogenated alkanes) is 1. The van der Waals surface area contributed by atoms with Gasteiger partial charge >= 0.3 is 6.03 Å². The maximum absolute atomic E-state index is 11.4. The molecule has 0 spiro atoms. The first-order valence-electron chi connectivity index (χ1n) is 4.49. The van der Waals surface area contributed by atoms with Gasteiger partial charge < -0.3 is 5.32 Å². The first-order valence-corrected chi connectivity index (χ1v) is 4.49. The third-order valence-electron chi connectivity index (χ3n) is 1.99. The van der Waals surface area contributed by atoms with Gasteiger partial charge in [-0.25, -0.2) is 4.79 Å². The summed E-state index contributed by atoms with van der Waals surface area (Å²) < 4.78 is 0. The molecule has 1 rings (SSSR count). The normalized spacial score (nSPS) is 19.8. The minimum absolute atomic E-state index is 0.207. The van der Waals surface area contributed by atoms with Gasteiger partial charge in [-0.3, -0.25) is 9.69 Å². The summed E-state index contributed by atoms with van der Waals surface area (Å²) in [5.74, 6) is -0.207. The number of rotatable bonds is 3. The molecule has 0 unspecified atom stereocenters. The predicted molar refractivity (Wildman–Crippen MR) is 48.9 cm³/mol. The van der Waals surface area contributed by atoms with Crippen LogP contribution < -0.4 is 5.32 Å². The number of allylic oxidation sites excluding steroid dienone is 1. The molecule has 13 heavy (non-hydrogen) atoms. The van der Waals surface area contributed by atoms with Crippen molar-refractivity contribution >= 4 is 11.9 Å². The fourth-order valence-corrected chi connectivity index (χ4v) is 1.19. The fraction of sp³-hybridized carbons (Fsp3) is 0.556. The second-order valence-electron chi connectivity index (χ2n) is 2.94. The van der Waals surface area contributed by atoms with Gasteiger partial charge in [0.25, 0.3) is 5.91 Å². The minimum atomic E-state index is -0.299. The maximum Gasteiger partial charge on any atom is 0.328 e. The van der Waals surface area contributed by atoms with E-state index in [-0.39, 0.29) is 11.9 Å². The Hall–Kier alpha value is -1.32. The first-order chi connectivity index (χ1) is 6.20. The lowest BCUT2D eigenvalue weighted by atomic mass is 10.3. The average molecular weight is 182 g/mol. The molecule has 0 aromatic rings. The van der Waals surface area contributed by atoms with E-state index in [1.54, 1.807) is 13.0 Å². The van der Waals surface area contributed by atoms with Crippen molar-refractivity contribution in [2.75, 3.05) is 6.54 Å². The molecule has 72 valence electrons. The molecule has 0 aliphatic carbocycles. The lowest BCUT2D eigenvalue weighted by Gasteiger charge is -2.09. The van der Waals surface area contributed by atoms with Crippen molar-refractivity contribution in [2.45, 2.75) is 26.7 Å². The van der Waals surface area contributed by atoms with E-state index in [1.165, 1.54) is 4.90 Å². The van der Waals surface area contributed by atoms with E-state index < -0.39 is 0 Å². The molecule has 4 heteroatoms. The van der Waals surface area contributed by atoms with Crippen molar-refractivity contribution in [1.29, 1.82) is 0 Å². The minimum Gasteiger partial charge on any atom is -0.303 e. The Labute approximate surface area is 77.6 Å². The number of imide groups is 1. The Kier molecular flexibility index (Phi) is 3.06. The number of nitrogens with zero attached hydrogens (tertiary/aromatic N) is 1. The van der Waals surface area contributed by atoms with Crippen molar-refractivity contribution in [3.63, 3.8) is 0 Å². The number of nitrogens with one attached hydrogen (secondary N) is 1. The maximum atomic E-state index is 11.4. The highest BCUT2D eigenvalue weighted by atomic mass is 16.2. The highest BCUT2D eigenvalue weighted by Gasteiger charge is 2.31. The van der Waals surface area contributed by atoms with Gasteiger partial charge in [0, 0.05) is 6.54 Å². The summed E-state index contributed by atoms with van der Waals surface area (Å²) in [6.45, 7) is 4.27. The smallest absolute Gasteiger partial charge is 0.303 e. The highest BCUT2D eigenvalue weighted by molar-refractivity contribution is 6.11. The second-order valence-corrected chi connectivity index (χ2v) is 2.94. The van der Waals surface area contributed by atoms with Crippen molar-refractivity contribution in [3.8, 4) is 0 Å². The van der Waals surface area contributed by atoms with Crippen LogP contribution >= 0.6 is 0 Å². The molecule has 1 fully saturated rings. The van der Waals surface area contributed by atoms with E-state index in [1.807, 2.05) is 6.92 Å². The SMILES string of the molecule is C/C=C1\NC(=O)N(CCCC)C1=O. The van der Waals surface area contributed by atoms with Crippen LogP contribution in [-0.4, -0.2) is 23.4 Å². The van der Waals surface area contributed by atoms with Gasteiger partial charge in [-0.15, -0.1) is 0 Å². The summed E-state index contributed by atoms with van der Waals surface area (Å²) >= 11 is 0. The second kappa shape index (κ2) is 4.07. The quantitative estimate of drug-likeness (QED) is 0.527. The lowest BCUT2D eigenvalue weighted by Crippen LogP contribution is -2.31. The van der Waals surface area contributed by atoms with Crippen molar-refractivity contribution in [2.24, 2.45) is 0 Å². The molecular weight excluding hydrogens is 168 g/mol. The monoisotopic (exact) mass is 182 g/mol. The molecule has 0 aromatic heterocycles. The van der Waals surface area contributed by atoms with Gasteiger partial charge in [0.1, 0.15) is 5.70 Å². The van der Waals surface area contributed by atoms with Crippen LogP contribution in [0.5, 0.6) is 0 Å². The predicted octanol–water partition coefficient (Wildman–Crippen LogP) is 1.24. The molecular formula is C9H14N2O2. The van der Waals surface area contributed by atoms with Crippen LogP contribution in [-0.2, 0) is 4.79 Å². The van der Waals surface area contributed by atoms with Gasteiger partial charge in [0.05, 0.1) is 0 Å². The number of carbonyl (C=O) groups excluding carboxylic acids is 2. The third kappa shape index (κ3) is 1.88. The van der Waals surface area contributed by atoms with Crippen LogP contribution in [0.25, 0.3) is 0 Å². The Morgan fingerprint density at radius 2 is 2.15 bits per heavy atom. The summed E-state index contributed by atoms with van der Waals surface area (Å²) in [7, 11) is 0. The average Bonchev–Trinajstić information content (AvgIpc) is 2.39. The fourth-order valence-electron chi connectivity index (χ4n) is 1.19. The number of hydrogen-bond donors (Lipinski definition) is 1. The molecule has 1 N–H and O–H groups in total. The molecule has 0 bridgehead atoms. The van der Waals surface area contributed by atoms with E-state index in [0.29, 0.717) is 12.2 Å². The summed E-state index contributed by atoms with van der Waals surface area (Å²) in [6, 6.07) is -0.299. The molecule has 0 aromatic carbocycles. The molecule has 1 heterocycles. The third-order valence-corrected chi connectivity index (χ3v) is 1.99. The largest absolute Gasteiger partial charge is 0.328 e. The molecule has 1 saturated heterocycles. The number of urea groups is 1. The van der Waals surface area contributed by atoms with Gasteiger partial charge in [-0.2, -0.15) is 0 Å². The number of amides is 3. The van der Waals surface area contributed by atoms with E-state index in [4.69, 9.17) is 0 Å². The van der Waals surface area contributed by atoms with Crippen LogP contribution in [0, 0.1) is 0 Å². The van der Waals surface area contributed by atoms with Crippen LogP contribution in [0.3, 0.4) is 0 Å². The topological polar surface area (TPSA) is 49.4 Å². The van der Waals surface area contributed by atoms with Crippen molar-refractivity contribution in [3.05, 3.63) is 11.8 Å². The molecule has 1 aliphatic heterocycles. The van der Waals surface area contributed by atoms with E-state index >= 15 is 0 Å². The van der Waals surface area contributed by atoms with Gasteiger partial charge in [-0.1, -0.05) is 19.4 Å². The molecule has 0 atom stereocenters. The zero-order chi connectivity index (χ0) is 9.84. The zero-order valence-corrected chi connectivity index (χ0v) is 7.96. The van der Waals surface area contributed by atoms with Crippen molar-refractivity contribution in [1.82, 2.24) is 10.2 Å². The standard InChI is InChI=1S/C9H14N2O2/c1-3-5-6-11-8(12)7(4-2)10-9(11)13/h4H,3,5-6H2,1-2H3,(H,10,13)/b7-4-. The van der Waals surface area contributed by atoms with Crippen LogP contribution in [0.2, 0.25) is 0 Å². The first kappa shape index (κ1) is 9.77. The van der Waals surface area contributed by atoms with Gasteiger partial charge in [0.15, 0.2) is 0 Å². The summed E-state index contributed by atoms with van der Waals surface area (Å²) in [4.78, 5) is 23.9. The van der Waals surface area contributed by atoms with Crippen LogP contribution in [0.4, 0.5) is 4.79 Å². The van der Waals surface area contributed by atoms with Crippen molar-refractivity contribution < 1.29 is 9.59 Å². The summed E-state index contributed by atoms with van der Waals surface area (Å²) in [5, 5.41) is 2.51. The summed E-state index contributed by atoms with van der Waals surface area (Å²) in [5.41, 5.74) is 0.390. The Morgan fingerprint density at radius 3 is 2.62 bits per heavy atom. The summed E-state index contributed by atoms with van der Waals surface area (Å²) in [6.07, 6.45) is 3.45. The Morgan fingerprint density at radius 1 is 1.46 bits per heavy atom. The van der Waals surface area contributed by atoms with E-state index in [0.717, 1.165) is 12.8 Å². The van der Waals surface area contributed by atoms with Gasteiger partial charge in [-0.05, 0) is 13.3 Å². The van der Waals surface area contributed by atoms with E-state index in [9.17, 15) is 9.59 Å². The Balaban J connectivity index is 2.65.